The maximum absolute atomic E-state index is 13.4. The fraction of sp³-hybridized carbons (Fsp3) is 0.143. The number of esters is 1. The summed E-state index contributed by atoms with van der Waals surface area (Å²) in [7, 11) is 1.58. The van der Waals surface area contributed by atoms with Crippen LogP contribution in [0.1, 0.15) is 27.2 Å². The van der Waals surface area contributed by atoms with E-state index in [2.05, 4.69) is 0 Å². The molecule has 1 aromatic heterocycles. The van der Waals surface area contributed by atoms with Gasteiger partial charge in [0.05, 0.1) is 19.0 Å². The average molecular weight is 474 g/mol. The Labute approximate surface area is 203 Å². The van der Waals surface area contributed by atoms with Crippen molar-refractivity contribution in [1.82, 2.24) is 4.57 Å². The first-order valence-corrected chi connectivity index (χ1v) is 11.2. The standard InChI is InChI=1S/C28H24ClNO4/c1-19-24(18-27(31)34-16-6-9-20-7-4-3-5-8-20)25-17-23(33-2)14-15-26(25)30(19)28(32)21-10-12-22(29)13-11-21/h3-15,17H,16,18H2,1-2H3/b9-6-. The normalized spacial score (nSPS) is 11.1. The first kappa shape index (κ1) is 23.3. The number of methoxy groups -OCH3 is 1. The Morgan fingerprint density at radius 2 is 1.74 bits per heavy atom. The molecule has 0 N–H and O–H groups in total. The Hall–Kier alpha value is -3.83. The highest BCUT2D eigenvalue weighted by Crippen LogP contribution is 2.31. The summed E-state index contributed by atoms with van der Waals surface area (Å²) in [5.74, 6) is 0.0698. The van der Waals surface area contributed by atoms with Gasteiger partial charge in [-0.05, 0) is 66.6 Å². The third kappa shape index (κ3) is 5.05. The number of ether oxygens (including phenoxy) is 2. The van der Waals surface area contributed by atoms with E-state index in [-0.39, 0.29) is 24.9 Å². The van der Waals surface area contributed by atoms with Crippen LogP contribution in [-0.4, -0.2) is 30.2 Å². The number of hydrogen-bond donors (Lipinski definition) is 0. The summed E-state index contributed by atoms with van der Waals surface area (Å²) in [6, 6.07) is 22.0. The second-order valence-corrected chi connectivity index (χ2v) is 8.20. The van der Waals surface area contributed by atoms with E-state index in [1.54, 1.807) is 48.1 Å². The number of carbonyl (C=O) groups is 2. The lowest BCUT2D eigenvalue weighted by atomic mass is 10.1. The molecule has 0 saturated carbocycles. The molecule has 0 bridgehead atoms. The van der Waals surface area contributed by atoms with Gasteiger partial charge >= 0.3 is 5.97 Å². The number of carbonyl (C=O) groups excluding carboxylic acids is 2. The van der Waals surface area contributed by atoms with Crippen LogP contribution in [0.25, 0.3) is 17.0 Å². The van der Waals surface area contributed by atoms with Crippen molar-refractivity contribution in [3.05, 3.63) is 106 Å². The largest absolute Gasteiger partial charge is 0.497 e. The summed E-state index contributed by atoms with van der Waals surface area (Å²) >= 11 is 5.98. The molecule has 0 spiro atoms. The Bertz CT molecular complexity index is 1350. The van der Waals surface area contributed by atoms with Crippen LogP contribution in [0.15, 0.2) is 78.9 Å². The fourth-order valence-corrected chi connectivity index (χ4v) is 4.01. The first-order valence-electron chi connectivity index (χ1n) is 10.8. The SMILES string of the molecule is COc1ccc2c(c1)c(CC(=O)OC/C=C\c1ccccc1)c(C)n2C(=O)c1ccc(Cl)cc1. The lowest BCUT2D eigenvalue weighted by Gasteiger charge is -2.08. The van der Waals surface area contributed by atoms with Crippen molar-refractivity contribution in [2.24, 2.45) is 0 Å². The van der Waals surface area contributed by atoms with Gasteiger partial charge in [-0.2, -0.15) is 0 Å². The highest BCUT2D eigenvalue weighted by molar-refractivity contribution is 6.30. The molecular formula is C28H24ClNO4. The number of benzene rings is 3. The van der Waals surface area contributed by atoms with Crippen molar-refractivity contribution in [2.45, 2.75) is 13.3 Å². The molecule has 0 saturated heterocycles. The lowest BCUT2D eigenvalue weighted by molar-refractivity contribution is -0.141. The fourth-order valence-electron chi connectivity index (χ4n) is 3.88. The van der Waals surface area contributed by atoms with Crippen molar-refractivity contribution in [3.63, 3.8) is 0 Å². The van der Waals surface area contributed by atoms with Crippen molar-refractivity contribution >= 4 is 40.5 Å². The maximum atomic E-state index is 13.4. The van der Waals surface area contributed by atoms with Crippen LogP contribution in [0.5, 0.6) is 5.75 Å². The monoisotopic (exact) mass is 473 g/mol. The number of rotatable bonds is 7. The first-order chi connectivity index (χ1) is 16.5. The minimum absolute atomic E-state index is 0.0373. The summed E-state index contributed by atoms with van der Waals surface area (Å²) in [6.45, 7) is 2.00. The molecule has 0 fully saturated rings. The summed E-state index contributed by atoms with van der Waals surface area (Å²) in [5, 5.41) is 1.33. The Balaban J connectivity index is 1.60. The average Bonchev–Trinajstić information content (AvgIpc) is 3.12. The molecule has 0 atom stereocenters. The van der Waals surface area contributed by atoms with E-state index in [4.69, 9.17) is 21.1 Å². The van der Waals surface area contributed by atoms with E-state index in [9.17, 15) is 9.59 Å². The lowest BCUT2D eigenvalue weighted by Crippen LogP contribution is -2.14. The molecule has 34 heavy (non-hydrogen) atoms. The van der Waals surface area contributed by atoms with Crippen molar-refractivity contribution < 1.29 is 19.1 Å². The summed E-state index contributed by atoms with van der Waals surface area (Å²) in [6.07, 6.45) is 3.74. The van der Waals surface area contributed by atoms with E-state index in [1.807, 2.05) is 55.5 Å². The number of nitrogens with zero attached hydrogens (tertiary/aromatic N) is 1. The predicted octanol–water partition coefficient (Wildman–Crippen LogP) is 6.10. The Kier molecular flexibility index (Phi) is 7.14. The van der Waals surface area contributed by atoms with Gasteiger partial charge in [-0.3, -0.25) is 14.2 Å². The van der Waals surface area contributed by atoms with E-state index in [0.29, 0.717) is 27.5 Å². The van der Waals surface area contributed by atoms with Crippen molar-refractivity contribution in [1.29, 1.82) is 0 Å². The predicted molar refractivity (Wildman–Crippen MR) is 135 cm³/mol. The molecule has 0 aliphatic rings. The summed E-state index contributed by atoms with van der Waals surface area (Å²) in [4.78, 5) is 26.0. The molecule has 172 valence electrons. The van der Waals surface area contributed by atoms with Gasteiger partial charge in [0.1, 0.15) is 12.4 Å². The van der Waals surface area contributed by atoms with Gasteiger partial charge in [-0.1, -0.05) is 48.0 Å². The van der Waals surface area contributed by atoms with Gasteiger partial charge < -0.3 is 9.47 Å². The molecule has 0 aliphatic carbocycles. The van der Waals surface area contributed by atoms with E-state index in [1.165, 1.54) is 0 Å². The smallest absolute Gasteiger partial charge is 0.310 e. The van der Waals surface area contributed by atoms with Gasteiger partial charge in [0.15, 0.2) is 0 Å². The second-order valence-electron chi connectivity index (χ2n) is 7.77. The molecule has 4 aromatic rings. The van der Waals surface area contributed by atoms with Gasteiger partial charge in [-0.15, -0.1) is 0 Å². The summed E-state index contributed by atoms with van der Waals surface area (Å²) < 4.78 is 12.4. The van der Waals surface area contributed by atoms with Crippen LogP contribution in [-0.2, 0) is 16.0 Å². The third-order valence-corrected chi connectivity index (χ3v) is 5.86. The minimum atomic E-state index is -0.373. The van der Waals surface area contributed by atoms with Gasteiger partial charge in [0.2, 0.25) is 0 Å². The molecular weight excluding hydrogens is 450 g/mol. The molecule has 6 heteroatoms. The van der Waals surface area contributed by atoms with Crippen LogP contribution < -0.4 is 4.74 Å². The van der Waals surface area contributed by atoms with Crippen LogP contribution in [0.2, 0.25) is 5.02 Å². The molecule has 0 unspecified atom stereocenters. The highest BCUT2D eigenvalue weighted by atomic mass is 35.5. The number of hydrogen-bond acceptors (Lipinski definition) is 4. The van der Waals surface area contributed by atoms with Crippen molar-refractivity contribution in [3.8, 4) is 5.75 Å². The number of halogens is 1. The van der Waals surface area contributed by atoms with Gasteiger partial charge in [0.25, 0.3) is 5.91 Å². The number of aromatic nitrogens is 1. The van der Waals surface area contributed by atoms with Crippen LogP contribution in [0, 0.1) is 6.92 Å². The zero-order valence-corrected chi connectivity index (χ0v) is 19.7. The quantitative estimate of drug-likeness (QED) is 0.304. The van der Waals surface area contributed by atoms with E-state index >= 15 is 0 Å². The van der Waals surface area contributed by atoms with Gasteiger partial charge in [-0.25, -0.2) is 0 Å². The Morgan fingerprint density at radius 1 is 1.00 bits per heavy atom. The number of fused-ring (bicyclic) bond motifs is 1. The maximum Gasteiger partial charge on any atom is 0.310 e. The van der Waals surface area contributed by atoms with Crippen LogP contribution in [0.4, 0.5) is 0 Å². The zero-order valence-electron chi connectivity index (χ0n) is 19.0. The van der Waals surface area contributed by atoms with E-state index < -0.39 is 0 Å². The molecule has 4 rings (SSSR count). The molecule has 0 amide bonds. The molecule has 1 heterocycles. The van der Waals surface area contributed by atoms with Crippen LogP contribution >= 0.6 is 11.6 Å². The van der Waals surface area contributed by atoms with Crippen LogP contribution in [0.3, 0.4) is 0 Å². The van der Waals surface area contributed by atoms with Gasteiger partial charge in [0, 0.05) is 21.7 Å². The molecule has 3 aromatic carbocycles. The minimum Gasteiger partial charge on any atom is -0.497 e. The van der Waals surface area contributed by atoms with E-state index in [0.717, 1.165) is 16.5 Å². The molecule has 0 aliphatic heterocycles. The second kappa shape index (κ2) is 10.4. The highest BCUT2D eigenvalue weighted by Gasteiger charge is 2.22. The third-order valence-electron chi connectivity index (χ3n) is 5.61. The molecule has 0 radical (unpaired) electrons. The summed E-state index contributed by atoms with van der Waals surface area (Å²) in [5.41, 5.74) is 3.64. The Morgan fingerprint density at radius 3 is 2.44 bits per heavy atom. The molecule has 5 nitrogen and oxygen atoms in total. The topological polar surface area (TPSA) is 57.5 Å². The zero-order chi connectivity index (χ0) is 24.1. The van der Waals surface area contributed by atoms with Crippen molar-refractivity contribution in [2.75, 3.05) is 13.7 Å².